The maximum Gasteiger partial charge on any atom is 0.329 e. The van der Waals surface area contributed by atoms with Crippen LogP contribution in [0.5, 0.6) is 0 Å². The number of nitrogens with one attached hydrogen (secondary N) is 2. The van der Waals surface area contributed by atoms with Gasteiger partial charge >= 0.3 is 5.97 Å². The molecule has 0 aliphatic carbocycles. The van der Waals surface area contributed by atoms with E-state index in [2.05, 4.69) is 39.3 Å². The van der Waals surface area contributed by atoms with Crippen molar-refractivity contribution in [3.05, 3.63) is 0 Å². The van der Waals surface area contributed by atoms with E-state index in [1.807, 2.05) is 0 Å². The van der Waals surface area contributed by atoms with E-state index < -0.39 is 12.0 Å². The number of methoxy groups -OCH3 is 1. The molecule has 7 heteroatoms. The Morgan fingerprint density at radius 2 is 2.05 bits per heavy atom. The summed E-state index contributed by atoms with van der Waals surface area (Å²) in [6.45, 7) is 5.64. The van der Waals surface area contributed by atoms with E-state index in [9.17, 15) is 9.59 Å². The van der Waals surface area contributed by atoms with Gasteiger partial charge in [-0.05, 0) is 14.1 Å². The van der Waals surface area contributed by atoms with E-state index >= 15 is 0 Å². The SMILES string of the molecule is COC(=O)C(CNCC1CN(C)CCN1C)NC(C)=O. The molecule has 0 aromatic heterocycles. The zero-order valence-electron chi connectivity index (χ0n) is 12.8. The van der Waals surface area contributed by atoms with E-state index in [-0.39, 0.29) is 5.91 Å². The van der Waals surface area contributed by atoms with Gasteiger partial charge in [-0.2, -0.15) is 0 Å². The largest absolute Gasteiger partial charge is 0.467 e. The average molecular weight is 286 g/mol. The second-order valence-electron chi connectivity index (χ2n) is 5.33. The van der Waals surface area contributed by atoms with Gasteiger partial charge in [0.05, 0.1) is 7.11 Å². The first-order valence-electron chi connectivity index (χ1n) is 6.88. The van der Waals surface area contributed by atoms with Gasteiger partial charge in [0.1, 0.15) is 6.04 Å². The van der Waals surface area contributed by atoms with Crippen LogP contribution in [0, 0.1) is 0 Å². The molecule has 1 rings (SSSR count). The summed E-state index contributed by atoms with van der Waals surface area (Å²) < 4.78 is 4.68. The monoisotopic (exact) mass is 286 g/mol. The molecule has 7 nitrogen and oxygen atoms in total. The lowest BCUT2D eigenvalue weighted by atomic mass is 10.2. The van der Waals surface area contributed by atoms with Crippen LogP contribution in [-0.2, 0) is 14.3 Å². The number of amides is 1. The molecule has 1 aliphatic rings. The van der Waals surface area contributed by atoms with Crippen molar-refractivity contribution in [3.63, 3.8) is 0 Å². The molecule has 2 unspecified atom stereocenters. The van der Waals surface area contributed by atoms with Gasteiger partial charge in [-0.25, -0.2) is 4.79 Å². The number of rotatable bonds is 6. The van der Waals surface area contributed by atoms with E-state index in [1.165, 1.54) is 14.0 Å². The predicted octanol–water partition coefficient (Wildman–Crippen LogP) is -1.50. The molecule has 0 aromatic carbocycles. The van der Waals surface area contributed by atoms with Crippen LogP contribution in [0.4, 0.5) is 0 Å². The van der Waals surface area contributed by atoms with Gasteiger partial charge in [-0.3, -0.25) is 9.69 Å². The lowest BCUT2D eigenvalue weighted by Crippen LogP contribution is -2.55. The van der Waals surface area contributed by atoms with Gasteiger partial charge in [-0.15, -0.1) is 0 Å². The molecule has 0 bridgehead atoms. The Morgan fingerprint density at radius 3 is 2.65 bits per heavy atom. The zero-order chi connectivity index (χ0) is 15.1. The molecule has 1 saturated heterocycles. The van der Waals surface area contributed by atoms with Gasteiger partial charge in [0.25, 0.3) is 0 Å². The highest BCUT2D eigenvalue weighted by Gasteiger charge is 2.24. The lowest BCUT2D eigenvalue weighted by molar-refractivity contribution is -0.144. The zero-order valence-corrected chi connectivity index (χ0v) is 12.8. The number of hydrogen-bond donors (Lipinski definition) is 2. The maximum atomic E-state index is 11.6. The highest BCUT2D eigenvalue weighted by molar-refractivity contribution is 5.83. The van der Waals surface area contributed by atoms with Crippen LogP contribution >= 0.6 is 0 Å². The van der Waals surface area contributed by atoms with Crippen LogP contribution in [0.1, 0.15) is 6.92 Å². The van der Waals surface area contributed by atoms with Crippen molar-refractivity contribution in [2.45, 2.75) is 19.0 Å². The van der Waals surface area contributed by atoms with Gasteiger partial charge in [0.2, 0.25) is 5.91 Å². The fraction of sp³-hybridized carbons (Fsp3) is 0.846. The standard InChI is InChI=1S/C13H26N4O3/c1-10(18)15-12(13(19)20-4)8-14-7-11-9-16(2)5-6-17(11)3/h11-12,14H,5-9H2,1-4H3,(H,15,18). The molecule has 1 amide bonds. The fourth-order valence-electron chi connectivity index (χ4n) is 2.30. The summed E-state index contributed by atoms with van der Waals surface area (Å²) in [6, 6.07) is -0.228. The van der Waals surface area contributed by atoms with Crippen LogP contribution in [0.15, 0.2) is 0 Å². The molecular formula is C13H26N4O3. The molecule has 2 N–H and O–H groups in total. The van der Waals surface area contributed by atoms with Crippen LogP contribution in [0.2, 0.25) is 0 Å². The van der Waals surface area contributed by atoms with Crippen LogP contribution in [-0.4, -0.2) is 87.7 Å². The summed E-state index contributed by atoms with van der Waals surface area (Å²) in [5.41, 5.74) is 0. The molecule has 2 atom stereocenters. The molecule has 20 heavy (non-hydrogen) atoms. The third kappa shape index (κ3) is 5.44. The third-order valence-corrected chi connectivity index (χ3v) is 3.57. The Labute approximate surface area is 120 Å². The summed E-state index contributed by atoms with van der Waals surface area (Å²) in [5, 5.41) is 5.83. The minimum atomic E-state index is -0.635. The topological polar surface area (TPSA) is 73.9 Å². The Balaban J connectivity index is 2.39. The molecule has 1 aliphatic heterocycles. The molecule has 0 spiro atoms. The molecule has 0 aromatic rings. The van der Waals surface area contributed by atoms with Crippen molar-refractivity contribution in [2.24, 2.45) is 0 Å². The summed E-state index contributed by atoms with van der Waals surface area (Å²) in [6.07, 6.45) is 0. The second-order valence-corrected chi connectivity index (χ2v) is 5.33. The highest BCUT2D eigenvalue weighted by Crippen LogP contribution is 2.04. The predicted molar refractivity (Wildman–Crippen MR) is 76.4 cm³/mol. The first-order valence-corrected chi connectivity index (χ1v) is 6.88. The van der Waals surface area contributed by atoms with E-state index in [4.69, 9.17) is 0 Å². The number of hydrogen-bond acceptors (Lipinski definition) is 6. The summed E-state index contributed by atoms with van der Waals surface area (Å²) in [5.74, 6) is -0.668. The van der Waals surface area contributed by atoms with Gasteiger partial charge < -0.3 is 20.3 Å². The van der Waals surface area contributed by atoms with Crippen molar-refractivity contribution in [1.29, 1.82) is 0 Å². The van der Waals surface area contributed by atoms with Crippen LogP contribution in [0.25, 0.3) is 0 Å². The number of piperazine rings is 1. The number of esters is 1. The molecule has 0 saturated carbocycles. The van der Waals surface area contributed by atoms with Crippen molar-refractivity contribution >= 4 is 11.9 Å². The van der Waals surface area contributed by atoms with Crippen molar-refractivity contribution < 1.29 is 14.3 Å². The normalized spacial score (nSPS) is 22.3. The Morgan fingerprint density at radius 1 is 1.35 bits per heavy atom. The Hall–Kier alpha value is -1.18. The average Bonchev–Trinajstić information content (AvgIpc) is 2.40. The molecule has 0 radical (unpaired) electrons. The van der Waals surface area contributed by atoms with Gasteiger partial charge in [-0.1, -0.05) is 0 Å². The van der Waals surface area contributed by atoms with E-state index in [1.54, 1.807) is 0 Å². The van der Waals surface area contributed by atoms with E-state index in [0.717, 1.165) is 26.2 Å². The first kappa shape index (κ1) is 16.9. The summed E-state index contributed by atoms with van der Waals surface area (Å²) >= 11 is 0. The number of carbonyl (C=O) groups excluding carboxylic acids is 2. The lowest BCUT2D eigenvalue weighted by Gasteiger charge is -2.38. The summed E-state index contributed by atoms with van der Waals surface area (Å²) in [4.78, 5) is 27.2. The first-order chi connectivity index (χ1) is 9.43. The van der Waals surface area contributed by atoms with Crippen LogP contribution in [0.3, 0.4) is 0 Å². The van der Waals surface area contributed by atoms with Gasteiger partial charge in [0, 0.05) is 45.7 Å². The molecular weight excluding hydrogens is 260 g/mol. The summed E-state index contributed by atoms with van der Waals surface area (Å²) in [7, 11) is 5.53. The minimum Gasteiger partial charge on any atom is -0.467 e. The van der Waals surface area contributed by atoms with Crippen LogP contribution < -0.4 is 10.6 Å². The maximum absolute atomic E-state index is 11.6. The molecule has 1 heterocycles. The van der Waals surface area contributed by atoms with E-state index in [0.29, 0.717) is 12.6 Å². The highest BCUT2D eigenvalue weighted by atomic mass is 16.5. The van der Waals surface area contributed by atoms with Gasteiger partial charge in [0.15, 0.2) is 0 Å². The number of likely N-dealkylation sites (N-methyl/N-ethyl adjacent to an activating group) is 2. The Bertz CT molecular complexity index is 338. The number of nitrogens with zero attached hydrogens (tertiary/aromatic N) is 2. The van der Waals surface area contributed by atoms with Crippen molar-refractivity contribution in [1.82, 2.24) is 20.4 Å². The fourth-order valence-corrected chi connectivity index (χ4v) is 2.30. The number of ether oxygens (including phenoxy) is 1. The van der Waals surface area contributed by atoms with Crippen molar-refractivity contribution in [2.75, 3.05) is 53.9 Å². The minimum absolute atomic E-state index is 0.239. The molecule has 1 fully saturated rings. The quantitative estimate of drug-likeness (QED) is 0.579. The molecule has 116 valence electrons. The second kappa shape index (κ2) is 8.18. The Kier molecular flexibility index (Phi) is 6.90. The third-order valence-electron chi connectivity index (χ3n) is 3.57. The number of carbonyl (C=O) groups is 2. The van der Waals surface area contributed by atoms with Crippen molar-refractivity contribution in [3.8, 4) is 0 Å². The smallest absolute Gasteiger partial charge is 0.329 e.